The summed E-state index contributed by atoms with van der Waals surface area (Å²) >= 11 is 0. The van der Waals surface area contributed by atoms with E-state index in [1.807, 2.05) is 0 Å². The van der Waals surface area contributed by atoms with E-state index in [2.05, 4.69) is 9.68 Å². The maximum Gasteiger partial charge on any atom is 0.452 e. The highest BCUT2D eigenvalue weighted by Crippen LogP contribution is 2.36. The Hall–Kier alpha value is -2.34. The predicted molar refractivity (Wildman–Crippen MR) is 75.9 cm³/mol. The Morgan fingerprint density at radius 2 is 2.00 bits per heavy atom. The molecule has 0 aromatic carbocycles. The van der Waals surface area contributed by atoms with Crippen molar-refractivity contribution in [3.05, 3.63) is 24.0 Å². The molecule has 0 bridgehead atoms. The van der Waals surface area contributed by atoms with E-state index < -0.39 is 38.9 Å². The minimum absolute atomic E-state index is 0.0238. The van der Waals surface area contributed by atoms with Crippen LogP contribution in [0.3, 0.4) is 0 Å². The van der Waals surface area contributed by atoms with Crippen LogP contribution in [-0.2, 0) is 25.7 Å². The number of ether oxygens (including phenoxy) is 1. The molecule has 2 aliphatic rings. The first-order valence-electron chi connectivity index (χ1n) is 7.47. The van der Waals surface area contributed by atoms with Crippen molar-refractivity contribution in [3.63, 3.8) is 0 Å². The van der Waals surface area contributed by atoms with Gasteiger partial charge >= 0.3 is 12.1 Å². The second kappa shape index (κ2) is 5.58. The molecule has 2 fully saturated rings. The number of carbonyl (C=O) groups is 1. The number of aromatic nitrogens is 1. The van der Waals surface area contributed by atoms with E-state index >= 15 is 0 Å². The minimum Gasteiger partial charge on any atom is -0.465 e. The van der Waals surface area contributed by atoms with Gasteiger partial charge in [-0.25, -0.2) is 8.42 Å². The van der Waals surface area contributed by atoms with Crippen LogP contribution in [0, 0.1) is 11.8 Å². The summed E-state index contributed by atoms with van der Waals surface area (Å²) < 4.78 is 78.3. The molecule has 0 radical (unpaired) electrons. The van der Waals surface area contributed by atoms with Gasteiger partial charge in [-0.05, 0) is 12.1 Å². The number of sulfonamides is 1. The Labute approximate surface area is 144 Å². The molecule has 4 rings (SSSR count). The molecule has 2 atom stereocenters. The molecule has 0 aliphatic carbocycles. The van der Waals surface area contributed by atoms with Crippen LogP contribution in [-0.4, -0.2) is 43.5 Å². The van der Waals surface area contributed by atoms with Crippen LogP contribution in [0.5, 0.6) is 0 Å². The zero-order chi connectivity index (χ0) is 18.7. The fourth-order valence-corrected chi connectivity index (χ4v) is 4.44. The molecule has 140 valence electrons. The molecule has 2 saturated heterocycles. The van der Waals surface area contributed by atoms with Crippen LogP contribution in [0.25, 0.3) is 11.5 Å². The first-order valence-corrected chi connectivity index (χ1v) is 8.91. The average molecular weight is 392 g/mol. The molecular weight excluding hydrogens is 381 g/mol. The zero-order valence-corrected chi connectivity index (χ0v) is 13.7. The number of carbonyl (C=O) groups excluding carboxylic acids is 1. The molecule has 26 heavy (non-hydrogen) atoms. The number of cyclic esters (lactones) is 1. The zero-order valence-electron chi connectivity index (χ0n) is 12.9. The number of nitrogens with zero attached hydrogens (tertiary/aromatic N) is 2. The highest BCUT2D eigenvalue weighted by Gasteiger charge is 2.48. The smallest absolute Gasteiger partial charge is 0.452 e. The van der Waals surface area contributed by atoms with Crippen LogP contribution >= 0.6 is 0 Å². The predicted octanol–water partition coefficient (Wildman–Crippen LogP) is 1.75. The Balaban J connectivity index is 1.58. The van der Waals surface area contributed by atoms with Gasteiger partial charge in [-0.15, -0.1) is 0 Å². The lowest BCUT2D eigenvalue weighted by molar-refractivity contribution is -0.155. The Morgan fingerprint density at radius 1 is 1.23 bits per heavy atom. The van der Waals surface area contributed by atoms with Crippen LogP contribution in [0.15, 0.2) is 32.2 Å². The van der Waals surface area contributed by atoms with E-state index in [1.165, 1.54) is 6.07 Å². The topological polar surface area (TPSA) is 103 Å². The molecule has 8 nitrogen and oxygen atoms in total. The second-order valence-electron chi connectivity index (χ2n) is 6.01. The Morgan fingerprint density at radius 3 is 2.65 bits per heavy atom. The summed E-state index contributed by atoms with van der Waals surface area (Å²) in [6, 6.07) is 2.93. The van der Waals surface area contributed by atoms with E-state index in [0.29, 0.717) is 6.07 Å². The minimum atomic E-state index is -4.71. The number of hydrogen-bond donors (Lipinski definition) is 0. The number of esters is 1. The van der Waals surface area contributed by atoms with Gasteiger partial charge in [0, 0.05) is 25.1 Å². The lowest BCUT2D eigenvalue weighted by Gasteiger charge is -2.15. The standard InChI is InChI=1S/C14H11F3N2O6S/c15-14(16,17)11-3-9(18-25-11)10-1-2-12(24-10)26(21,22)19-4-7-6-23-13(20)8(7)5-19/h1-3,7-8H,4-6H2/t7-,8-/m1/s1. The summed E-state index contributed by atoms with van der Waals surface area (Å²) in [5.74, 6) is -2.66. The van der Waals surface area contributed by atoms with Crippen LogP contribution in [0.2, 0.25) is 0 Å². The van der Waals surface area contributed by atoms with Gasteiger partial charge in [-0.3, -0.25) is 4.79 Å². The molecule has 0 unspecified atom stereocenters. The number of halogens is 3. The maximum atomic E-state index is 12.6. The third-order valence-electron chi connectivity index (χ3n) is 4.37. The number of fused-ring (bicyclic) bond motifs is 1. The Bertz CT molecular complexity index is 963. The molecule has 12 heteroatoms. The van der Waals surface area contributed by atoms with Crippen LogP contribution < -0.4 is 0 Å². The normalized spacial score (nSPS) is 24.0. The van der Waals surface area contributed by atoms with Crippen LogP contribution in [0.1, 0.15) is 5.76 Å². The second-order valence-corrected chi connectivity index (χ2v) is 7.88. The third-order valence-corrected chi connectivity index (χ3v) is 6.07. The molecule has 2 aromatic heterocycles. The summed E-state index contributed by atoms with van der Waals surface area (Å²) in [7, 11) is -4.03. The SMILES string of the molecule is O=C1OC[C@H]2CN(S(=O)(=O)c3ccc(-c4cc(C(F)(F)F)on4)o3)C[C@@H]12. The third kappa shape index (κ3) is 2.69. The monoisotopic (exact) mass is 392 g/mol. The van der Waals surface area contributed by atoms with Gasteiger partial charge in [-0.2, -0.15) is 17.5 Å². The first-order chi connectivity index (χ1) is 12.2. The molecule has 0 amide bonds. The lowest BCUT2D eigenvalue weighted by Crippen LogP contribution is -2.30. The number of furan rings is 1. The number of hydrogen-bond acceptors (Lipinski definition) is 7. The fourth-order valence-electron chi connectivity index (χ4n) is 3.01. The van der Waals surface area contributed by atoms with Gasteiger partial charge in [0.2, 0.25) is 10.9 Å². The highest BCUT2D eigenvalue weighted by atomic mass is 32.2. The average Bonchev–Trinajstić information content (AvgIpc) is 3.32. The molecule has 2 aromatic rings. The molecule has 0 spiro atoms. The van der Waals surface area contributed by atoms with E-state index in [4.69, 9.17) is 9.15 Å². The van der Waals surface area contributed by atoms with E-state index in [1.54, 1.807) is 0 Å². The lowest BCUT2D eigenvalue weighted by atomic mass is 10.0. The van der Waals surface area contributed by atoms with Crippen molar-refractivity contribution >= 4 is 16.0 Å². The van der Waals surface area contributed by atoms with Gasteiger partial charge in [0.05, 0.1) is 12.5 Å². The quantitative estimate of drug-likeness (QED) is 0.733. The molecular formula is C14H11F3N2O6S. The molecule has 0 saturated carbocycles. The van der Waals surface area contributed by atoms with Gasteiger partial charge in [-0.1, -0.05) is 5.16 Å². The highest BCUT2D eigenvalue weighted by molar-refractivity contribution is 7.89. The van der Waals surface area contributed by atoms with Crippen LogP contribution in [0.4, 0.5) is 13.2 Å². The van der Waals surface area contributed by atoms with Crippen molar-refractivity contribution in [1.82, 2.24) is 9.46 Å². The van der Waals surface area contributed by atoms with Crippen molar-refractivity contribution < 1.29 is 40.1 Å². The van der Waals surface area contributed by atoms with E-state index in [0.717, 1.165) is 10.4 Å². The summed E-state index contributed by atoms with van der Waals surface area (Å²) in [4.78, 5) is 11.6. The van der Waals surface area contributed by atoms with Gasteiger partial charge in [0.15, 0.2) is 5.76 Å². The van der Waals surface area contributed by atoms with Gasteiger partial charge in [0.1, 0.15) is 5.69 Å². The van der Waals surface area contributed by atoms with Crippen molar-refractivity contribution in [1.29, 1.82) is 0 Å². The van der Waals surface area contributed by atoms with Crippen molar-refractivity contribution in [3.8, 4) is 11.5 Å². The maximum absolute atomic E-state index is 12.6. The largest absolute Gasteiger partial charge is 0.465 e. The molecule has 0 N–H and O–H groups in total. The molecule has 4 heterocycles. The number of alkyl halides is 3. The van der Waals surface area contributed by atoms with E-state index in [9.17, 15) is 26.4 Å². The van der Waals surface area contributed by atoms with E-state index in [-0.39, 0.29) is 37.1 Å². The van der Waals surface area contributed by atoms with Crippen molar-refractivity contribution in [2.45, 2.75) is 11.3 Å². The summed E-state index contributed by atoms with van der Waals surface area (Å²) in [5.41, 5.74) is -0.277. The number of rotatable bonds is 3. The van der Waals surface area contributed by atoms with Crippen molar-refractivity contribution in [2.75, 3.05) is 19.7 Å². The summed E-state index contributed by atoms with van der Waals surface area (Å²) in [5, 5.41) is 2.80. The van der Waals surface area contributed by atoms with Crippen molar-refractivity contribution in [2.24, 2.45) is 11.8 Å². The van der Waals surface area contributed by atoms with Gasteiger partial charge in [0.25, 0.3) is 10.0 Å². The fraction of sp³-hybridized carbons (Fsp3) is 0.429. The molecule has 2 aliphatic heterocycles. The van der Waals surface area contributed by atoms with Gasteiger partial charge < -0.3 is 13.7 Å². The first kappa shape index (κ1) is 17.1. The summed E-state index contributed by atoms with van der Waals surface area (Å²) in [6.45, 7) is 0.249. The Kier molecular flexibility index (Phi) is 3.67. The summed E-state index contributed by atoms with van der Waals surface area (Å²) in [6.07, 6.45) is -4.71.